The standard InChI is InChI=1S/C25H39N3O3S2/c1-23-10-11-25(30,14-31-3)12-15(23)4-5-16-17-6-7-19(24(17,2)9-8-18(16)23)20(29)13-32-22-28-27-21(26)33-22/h15-19,30H,4-14H2,1-3H3,(H2,26,27)/t15-,16-,17-,18-,19+,23-,24-,25+/m0/s1. The first-order valence-electron chi connectivity index (χ1n) is 12.6. The minimum Gasteiger partial charge on any atom is -0.387 e. The van der Waals surface area contributed by atoms with Crippen LogP contribution in [0, 0.1) is 40.4 Å². The third-order valence-corrected chi connectivity index (χ3v) is 12.3. The second kappa shape index (κ2) is 8.75. The Balaban J connectivity index is 1.28. The van der Waals surface area contributed by atoms with Gasteiger partial charge in [0, 0.05) is 13.0 Å². The number of methoxy groups -OCH3 is 1. The Hall–Kier alpha value is -0.700. The lowest BCUT2D eigenvalue weighted by molar-refractivity contribution is -0.163. The second-order valence-electron chi connectivity index (χ2n) is 11.9. The van der Waals surface area contributed by atoms with Crippen LogP contribution in [0.25, 0.3) is 0 Å². The second-order valence-corrected chi connectivity index (χ2v) is 14.1. The molecule has 6 nitrogen and oxygen atoms in total. The number of fused-ring (bicyclic) bond motifs is 5. The van der Waals surface area contributed by atoms with Gasteiger partial charge >= 0.3 is 0 Å². The number of nitrogens with zero attached hydrogens (tertiary/aromatic N) is 2. The summed E-state index contributed by atoms with van der Waals surface area (Å²) in [6.45, 7) is 5.40. The van der Waals surface area contributed by atoms with Gasteiger partial charge in [0.1, 0.15) is 5.78 Å². The van der Waals surface area contributed by atoms with Gasteiger partial charge in [-0.2, -0.15) is 0 Å². The quantitative estimate of drug-likeness (QED) is 0.548. The lowest BCUT2D eigenvalue weighted by atomic mass is 9.44. The summed E-state index contributed by atoms with van der Waals surface area (Å²) in [4.78, 5) is 13.3. The molecule has 0 radical (unpaired) electrons. The van der Waals surface area contributed by atoms with E-state index in [-0.39, 0.29) is 11.3 Å². The number of carbonyl (C=O) groups excluding carboxylic acids is 1. The number of nitrogens with two attached hydrogens (primary N) is 1. The number of thioether (sulfide) groups is 1. The van der Waals surface area contributed by atoms with Gasteiger partial charge in [-0.1, -0.05) is 36.9 Å². The van der Waals surface area contributed by atoms with Crippen LogP contribution in [0.1, 0.15) is 71.6 Å². The number of carbonyl (C=O) groups is 1. The molecule has 0 unspecified atom stereocenters. The molecule has 1 heterocycles. The number of rotatable bonds is 6. The Morgan fingerprint density at radius 3 is 2.64 bits per heavy atom. The zero-order valence-corrected chi connectivity index (χ0v) is 21.8. The highest BCUT2D eigenvalue weighted by Gasteiger charge is 2.62. The smallest absolute Gasteiger partial charge is 0.203 e. The summed E-state index contributed by atoms with van der Waals surface area (Å²) >= 11 is 2.86. The molecule has 0 bridgehead atoms. The lowest BCUT2D eigenvalue weighted by Gasteiger charge is -2.62. The Labute approximate surface area is 205 Å². The largest absolute Gasteiger partial charge is 0.387 e. The molecule has 3 N–H and O–H groups in total. The van der Waals surface area contributed by atoms with E-state index < -0.39 is 5.60 Å². The Morgan fingerprint density at radius 2 is 1.91 bits per heavy atom. The molecule has 8 heteroatoms. The number of aliphatic hydroxyl groups is 1. The van der Waals surface area contributed by atoms with E-state index in [0.717, 1.165) is 48.3 Å². The van der Waals surface area contributed by atoms with E-state index in [1.54, 1.807) is 7.11 Å². The van der Waals surface area contributed by atoms with Crippen LogP contribution in [-0.2, 0) is 9.53 Å². The van der Waals surface area contributed by atoms with Gasteiger partial charge in [-0.25, -0.2) is 0 Å². The van der Waals surface area contributed by atoms with Crippen LogP contribution in [0.2, 0.25) is 0 Å². The Kier molecular flexibility index (Phi) is 6.37. The fourth-order valence-electron chi connectivity index (χ4n) is 8.76. The highest BCUT2D eigenvalue weighted by Crippen LogP contribution is 2.68. The molecule has 0 aliphatic heterocycles. The minimum absolute atomic E-state index is 0.133. The fraction of sp³-hybridized carbons (Fsp3) is 0.880. The van der Waals surface area contributed by atoms with Gasteiger partial charge in [-0.3, -0.25) is 4.79 Å². The number of hydrogen-bond acceptors (Lipinski definition) is 8. The zero-order chi connectivity index (χ0) is 23.4. The number of anilines is 1. The molecule has 4 aliphatic carbocycles. The molecule has 5 rings (SSSR count). The summed E-state index contributed by atoms with van der Waals surface area (Å²) in [5.41, 5.74) is 5.50. The zero-order valence-electron chi connectivity index (χ0n) is 20.2. The van der Waals surface area contributed by atoms with Crippen LogP contribution < -0.4 is 5.73 Å². The van der Waals surface area contributed by atoms with Gasteiger partial charge in [-0.05, 0) is 92.3 Å². The molecule has 8 atom stereocenters. The van der Waals surface area contributed by atoms with Crippen molar-refractivity contribution in [2.75, 3.05) is 25.2 Å². The summed E-state index contributed by atoms with van der Waals surface area (Å²) in [7, 11) is 1.70. The average Bonchev–Trinajstić information content (AvgIpc) is 3.35. The Morgan fingerprint density at radius 1 is 1.12 bits per heavy atom. The summed E-state index contributed by atoms with van der Waals surface area (Å²) in [5, 5.41) is 19.5. The molecular formula is C25H39N3O3S2. The van der Waals surface area contributed by atoms with Crippen LogP contribution in [0.3, 0.4) is 0 Å². The van der Waals surface area contributed by atoms with Crippen molar-refractivity contribution in [3.63, 3.8) is 0 Å². The number of ether oxygens (including phenoxy) is 1. The van der Waals surface area contributed by atoms with E-state index in [9.17, 15) is 9.90 Å². The molecule has 0 aromatic carbocycles. The molecule has 0 saturated heterocycles. The lowest BCUT2D eigenvalue weighted by Crippen LogP contribution is -2.56. The maximum atomic E-state index is 13.3. The van der Waals surface area contributed by atoms with Crippen molar-refractivity contribution in [3.8, 4) is 0 Å². The SMILES string of the molecule is COC[C@@]1(O)CC[C@@]2(C)[C@@H](CC[C@@H]3[C@@H]2CC[C@]2(C)[C@@H](C(=O)CSc4nnc(N)s4)CC[C@@H]32)C1. The molecule has 1 aromatic heterocycles. The van der Waals surface area contributed by atoms with Crippen molar-refractivity contribution in [1.82, 2.24) is 10.2 Å². The maximum Gasteiger partial charge on any atom is 0.203 e. The average molecular weight is 494 g/mol. The first kappa shape index (κ1) is 24.0. The molecule has 0 amide bonds. The normalized spacial score (nSPS) is 44.7. The fourth-order valence-corrected chi connectivity index (χ4v) is 10.3. The van der Waals surface area contributed by atoms with Gasteiger partial charge in [0.15, 0.2) is 4.34 Å². The highest BCUT2D eigenvalue weighted by molar-refractivity contribution is 8.01. The molecule has 4 aliphatic rings. The van der Waals surface area contributed by atoms with Gasteiger partial charge < -0.3 is 15.6 Å². The van der Waals surface area contributed by atoms with Crippen molar-refractivity contribution in [2.45, 2.75) is 81.6 Å². The minimum atomic E-state index is -0.644. The van der Waals surface area contributed by atoms with E-state index >= 15 is 0 Å². The van der Waals surface area contributed by atoms with Gasteiger partial charge in [0.2, 0.25) is 5.13 Å². The maximum absolute atomic E-state index is 13.3. The van der Waals surface area contributed by atoms with Crippen LogP contribution in [-0.4, -0.2) is 46.2 Å². The van der Waals surface area contributed by atoms with Crippen molar-refractivity contribution < 1.29 is 14.6 Å². The van der Waals surface area contributed by atoms with Gasteiger partial charge in [0.25, 0.3) is 0 Å². The number of hydrogen-bond donors (Lipinski definition) is 2. The van der Waals surface area contributed by atoms with E-state index in [1.807, 2.05) is 0 Å². The first-order valence-corrected chi connectivity index (χ1v) is 14.4. The number of ketones is 1. The molecule has 1 aromatic rings. The Bertz CT molecular complexity index is 896. The number of Topliss-reactive ketones (excluding diaryl/α,β-unsaturated/α-hetero) is 1. The topological polar surface area (TPSA) is 98.3 Å². The van der Waals surface area contributed by atoms with E-state index in [0.29, 0.717) is 40.5 Å². The summed E-state index contributed by atoms with van der Waals surface area (Å²) in [5.74, 6) is 3.75. The van der Waals surface area contributed by atoms with Crippen LogP contribution in [0.15, 0.2) is 4.34 Å². The van der Waals surface area contributed by atoms with Gasteiger partial charge in [0.05, 0.1) is 18.0 Å². The van der Waals surface area contributed by atoms with E-state index in [1.165, 1.54) is 48.8 Å². The van der Waals surface area contributed by atoms with Crippen LogP contribution in [0.4, 0.5) is 5.13 Å². The summed E-state index contributed by atoms with van der Waals surface area (Å²) < 4.78 is 6.15. The van der Waals surface area contributed by atoms with Crippen molar-refractivity contribution in [1.29, 1.82) is 0 Å². The molecular weight excluding hydrogens is 454 g/mol. The first-order chi connectivity index (χ1) is 15.7. The van der Waals surface area contributed by atoms with Gasteiger partial charge in [-0.15, -0.1) is 10.2 Å². The molecule has 33 heavy (non-hydrogen) atoms. The van der Waals surface area contributed by atoms with Crippen LogP contribution in [0.5, 0.6) is 0 Å². The van der Waals surface area contributed by atoms with E-state index in [2.05, 4.69) is 24.0 Å². The van der Waals surface area contributed by atoms with Crippen molar-refractivity contribution >= 4 is 34.0 Å². The van der Waals surface area contributed by atoms with Crippen LogP contribution >= 0.6 is 23.1 Å². The molecule has 0 spiro atoms. The monoisotopic (exact) mass is 493 g/mol. The van der Waals surface area contributed by atoms with Crippen molar-refractivity contribution in [2.24, 2.45) is 40.4 Å². The molecule has 4 fully saturated rings. The molecule has 184 valence electrons. The summed E-state index contributed by atoms with van der Waals surface area (Å²) in [6.07, 6.45) is 9.94. The number of nitrogen functional groups attached to an aromatic ring is 1. The van der Waals surface area contributed by atoms with E-state index in [4.69, 9.17) is 10.5 Å². The highest BCUT2D eigenvalue weighted by atomic mass is 32.2. The third-order valence-electron chi connectivity index (χ3n) is 10.4. The number of aromatic nitrogens is 2. The predicted molar refractivity (Wildman–Crippen MR) is 132 cm³/mol. The predicted octanol–water partition coefficient (Wildman–Crippen LogP) is 4.82. The third kappa shape index (κ3) is 4.07. The molecule has 4 saturated carbocycles. The summed E-state index contributed by atoms with van der Waals surface area (Å²) in [6, 6.07) is 0. The van der Waals surface area contributed by atoms with Crippen molar-refractivity contribution in [3.05, 3.63) is 0 Å².